The van der Waals surface area contributed by atoms with Crippen molar-refractivity contribution in [3.8, 4) is 6.07 Å². The number of ether oxygens (including phenoxy) is 1. The Bertz CT molecular complexity index is 1380. The Morgan fingerprint density at radius 3 is 2.55 bits per heavy atom. The van der Waals surface area contributed by atoms with Crippen molar-refractivity contribution >= 4 is 41.5 Å². The van der Waals surface area contributed by atoms with Gasteiger partial charge in [0.25, 0.3) is 0 Å². The molecule has 0 unspecified atom stereocenters. The van der Waals surface area contributed by atoms with E-state index < -0.39 is 12.2 Å². The Hall–Kier alpha value is -3.46. The van der Waals surface area contributed by atoms with Gasteiger partial charge in [0, 0.05) is 63.4 Å². The molecule has 4 atom stereocenters. The van der Waals surface area contributed by atoms with Gasteiger partial charge in [-0.05, 0) is 42.8 Å². The number of fused-ring (bicyclic) bond motifs is 1. The molecule has 6 rings (SSSR count). The third-order valence-corrected chi connectivity index (χ3v) is 8.19. The average molecular weight is 540 g/mol. The lowest BCUT2D eigenvalue weighted by molar-refractivity contribution is -0.0327. The van der Waals surface area contributed by atoms with E-state index in [1.807, 2.05) is 35.4 Å². The van der Waals surface area contributed by atoms with E-state index in [0.29, 0.717) is 29.8 Å². The second-order valence-electron chi connectivity index (χ2n) is 11.1. The number of hydrogen-bond acceptors (Lipinski definition) is 9. The molecule has 2 radical (unpaired) electrons. The van der Waals surface area contributed by atoms with Gasteiger partial charge in [0.1, 0.15) is 25.9 Å². The zero-order valence-electron chi connectivity index (χ0n) is 22.8. The summed E-state index contributed by atoms with van der Waals surface area (Å²) in [6, 6.07) is 13.4. The summed E-state index contributed by atoms with van der Waals surface area (Å²) in [6.45, 7) is 8.98. The number of hydrogen-bond donors (Lipinski definition) is 1. The number of nitrogens with two attached hydrogens (primary N) is 1. The molecule has 3 aliphatic heterocycles. The van der Waals surface area contributed by atoms with Crippen LogP contribution in [0.25, 0.3) is 10.9 Å². The van der Waals surface area contributed by atoms with E-state index >= 15 is 0 Å². The number of pyridine rings is 2. The Labute approximate surface area is 235 Å². The van der Waals surface area contributed by atoms with Gasteiger partial charge in [-0.2, -0.15) is 5.26 Å². The molecule has 0 bridgehead atoms. The van der Waals surface area contributed by atoms with Crippen molar-refractivity contribution in [2.24, 2.45) is 5.73 Å². The third-order valence-electron chi connectivity index (χ3n) is 8.19. The Morgan fingerprint density at radius 2 is 1.85 bits per heavy atom. The van der Waals surface area contributed by atoms with E-state index in [-0.39, 0.29) is 12.2 Å². The predicted octanol–water partition coefficient (Wildman–Crippen LogP) is 1.20. The summed E-state index contributed by atoms with van der Waals surface area (Å²) in [4.78, 5) is 18.1. The van der Waals surface area contributed by atoms with E-state index in [4.69, 9.17) is 18.3 Å². The van der Waals surface area contributed by atoms with Crippen LogP contribution in [0.15, 0.2) is 42.6 Å². The highest BCUT2D eigenvalue weighted by Gasteiger charge is 2.31. The fourth-order valence-electron chi connectivity index (χ4n) is 6.13. The summed E-state index contributed by atoms with van der Waals surface area (Å²) >= 11 is 0. The first-order valence-corrected chi connectivity index (χ1v) is 14.0. The van der Waals surface area contributed by atoms with Crippen LogP contribution in [0.3, 0.4) is 0 Å². The van der Waals surface area contributed by atoms with Gasteiger partial charge in [-0.1, -0.05) is 6.07 Å². The molecular formula is C29H34BFN8O. The van der Waals surface area contributed by atoms with Crippen LogP contribution in [0, 0.1) is 11.3 Å². The first-order chi connectivity index (χ1) is 19.4. The van der Waals surface area contributed by atoms with Gasteiger partial charge in [-0.15, -0.1) is 0 Å². The van der Waals surface area contributed by atoms with Crippen LogP contribution in [-0.2, 0) is 4.74 Å². The normalized spacial score (nSPS) is 25.9. The molecule has 1 aromatic carbocycles. The van der Waals surface area contributed by atoms with Crippen LogP contribution in [-0.4, -0.2) is 106 Å². The highest BCUT2D eigenvalue weighted by molar-refractivity contribution is 6.31. The monoisotopic (exact) mass is 540 g/mol. The first kappa shape index (κ1) is 26.8. The minimum absolute atomic E-state index is 0.0647. The quantitative estimate of drug-likeness (QED) is 0.479. The number of nitriles is 1. The molecule has 5 heterocycles. The number of benzene rings is 1. The lowest BCUT2D eigenvalue weighted by atomic mass is 10.00. The number of anilines is 3. The van der Waals surface area contributed by atoms with Gasteiger partial charge in [0.15, 0.2) is 0 Å². The maximum Gasteiger partial charge on any atom is 0.141 e. The summed E-state index contributed by atoms with van der Waals surface area (Å²) in [5, 5.41) is 10.5. The smallest absolute Gasteiger partial charge is 0.141 e. The van der Waals surface area contributed by atoms with Crippen LogP contribution >= 0.6 is 0 Å². The maximum absolute atomic E-state index is 13.8. The molecule has 0 spiro atoms. The lowest BCUT2D eigenvalue weighted by Gasteiger charge is -2.42. The topological polar surface area (TPSA) is 97.8 Å². The zero-order valence-corrected chi connectivity index (χ0v) is 22.8. The van der Waals surface area contributed by atoms with Gasteiger partial charge in [0.05, 0.1) is 47.8 Å². The van der Waals surface area contributed by atoms with E-state index in [0.717, 1.165) is 68.4 Å². The number of rotatable bonds is 5. The molecule has 9 nitrogen and oxygen atoms in total. The van der Waals surface area contributed by atoms with Gasteiger partial charge in [-0.25, -0.2) is 9.37 Å². The molecule has 40 heavy (non-hydrogen) atoms. The molecule has 206 valence electrons. The number of halogens is 1. The van der Waals surface area contributed by atoms with E-state index in [9.17, 15) is 9.65 Å². The first-order valence-electron chi connectivity index (χ1n) is 14.0. The Morgan fingerprint density at radius 1 is 1.02 bits per heavy atom. The largest absolute Gasteiger partial charge is 0.370 e. The number of alkyl halides is 1. The van der Waals surface area contributed by atoms with Crippen LogP contribution in [0.1, 0.15) is 12.5 Å². The number of piperazine rings is 1. The van der Waals surface area contributed by atoms with Crippen molar-refractivity contribution < 1.29 is 9.13 Å². The standard InChI is InChI=1S/C29H34BFN8O/c1-19-14-38(26-5-2-20(12-32)29-23(26)4-6-27(30)35-29)16-22(40-19)15-36-8-10-37(11-9-36)21-3-7-28(34-13-21)39-17-24(31)25(33)18-39/h2-7,13,19,22,24-25H,8-11,14-18,33H2,1H3/t19-,22+,24+,25+/m1/s1. The molecule has 11 heteroatoms. The van der Waals surface area contributed by atoms with Crippen molar-refractivity contribution in [1.29, 1.82) is 5.26 Å². The van der Waals surface area contributed by atoms with E-state index in [1.54, 1.807) is 6.07 Å². The lowest BCUT2D eigenvalue weighted by Crippen LogP contribution is -2.54. The highest BCUT2D eigenvalue weighted by Crippen LogP contribution is 2.30. The number of aromatic nitrogens is 2. The van der Waals surface area contributed by atoms with Gasteiger partial charge < -0.3 is 25.2 Å². The summed E-state index contributed by atoms with van der Waals surface area (Å²) in [7, 11) is 5.93. The molecule has 3 aliphatic rings. The number of nitrogens with zero attached hydrogens (tertiary/aromatic N) is 7. The van der Waals surface area contributed by atoms with Crippen LogP contribution in [0.2, 0.25) is 0 Å². The Balaban J connectivity index is 1.07. The van der Waals surface area contributed by atoms with Crippen LogP contribution in [0.4, 0.5) is 21.6 Å². The predicted molar refractivity (Wildman–Crippen MR) is 156 cm³/mol. The van der Waals surface area contributed by atoms with E-state index in [1.165, 1.54) is 0 Å². The number of morpholine rings is 1. The minimum Gasteiger partial charge on any atom is -0.370 e. The molecule has 0 saturated carbocycles. The molecule has 3 aromatic rings. The second-order valence-corrected chi connectivity index (χ2v) is 11.1. The highest BCUT2D eigenvalue weighted by atomic mass is 19.1. The van der Waals surface area contributed by atoms with E-state index in [2.05, 4.69) is 43.7 Å². The van der Waals surface area contributed by atoms with Crippen molar-refractivity contribution in [1.82, 2.24) is 14.9 Å². The fraction of sp³-hybridized carbons (Fsp3) is 0.483. The SMILES string of the molecule is [B]c1ccc2c(N3C[C@H](CN4CCN(c5ccc(N6C[C@H](N)[C@@H](F)C6)nc5)CC4)O[C@H](C)C3)ccc(C#N)c2n1. The van der Waals surface area contributed by atoms with Gasteiger partial charge in [0.2, 0.25) is 0 Å². The Kier molecular flexibility index (Phi) is 7.49. The van der Waals surface area contributed by atoms with Crippen molar-refractivity contribution in [3.63, 3.8) is 0 Å². The maximum atomic E-state index is 13.8. The minimum atomic E-state index is -1.00. The summed E-state index contributed by atoms with van der Waals surface area (Å²) in [5.41, 5.74) is 9.55. The molecule has 3 saturated heterocycles. The van der Waals surface area contributed by atoms with Crippen LogP contribution in [0.5, 0.6) is 0 Å². The summed E-state index contributed by atoms with van der Waals surface area (Å²) in [6.07, 6.45) is 1.03. The molecule has 3 fully saturated rings. The van der Waals surface area contributed by atoms with Crippen molar-refractivity contribution in [2.75, 3.05) is 73.6 Å². The van der Waals surface area contributed by atoms with Gasteiger partial charge in [-0.3, -0.25) is 9.88 Å². The fourth-order valence-corrected chi connectivity index (χ4v) is 6.13. The van der Waals surface area contributed by atoms with Crippen LogP contribution < -0.4 is 26.0 Å². The molecule has 0 amide bonds. The second kappa shape index (κ2) is 11.2. The summed E-state index contributed by atoms with van der Waals surface area (Å²) in [5.74, 6) is 0.778. The van der Waals surface area contributed by atoms with Crippen molar-refractivity contribution in [2.45, 2.75) is 31.3 Å². The third kappa shape index (κ3) is 5.44. The zero-order chi connectivity index (χ0) is 27.8. The molecule has 2 N–H and O–H groups in total. The summed E-state index contributed by atoms with van der Waals surface area (Å²) < 4.78 is 20.2. The van der Waals surface area contributed by atoms with Crippen molar-refractivity contribution in [3.05, 3.63) is 48.2 Å². The molecular weight excluding hydrogens is 506 g/mol. The van der Waals surface area contributed by atoms with Gasteiger partial charge >= 0.3 is 0 Å². The molecule has 0 aliphatic carbocycles. The molecule has 2 aromatic heterocycles. The average Bonchev–Trinajstić information content (AvgIpc) is 3.30.